The molecule has 4 N–H and O–H groups in total. The standard InChI is InChI=1S/C13H25N3O3/c1-9(2)11(12(14)16-18)13(17)15-7-6-10-5-3-4-8-19-10/h9-11,18H,3-8H2,1-2H3,(H2,14,16)(H,15,17). The maximum absolute atomic E-state index is 12.0. The zero-order valence-electron chi connectivity index (χ0n) is 11.8. The number of oxime groups is 1. The molecule has 0 aromatic heterocycles. The monoisotopic (exact) mass is 271 g/mol. The van der Waals surface area contributed by atoms with Crippen LogP contribution in [0, 0.1) is 11.8 Å². The zero-order chi connectivity index (χ0) is 14.3. The molecule has 1 fully saturated rings. The highest BCUT2D eigenvalue weighted by Crippen LogP contribution is 2.15. The second-order valence-electron chi connectivity index (χ2n) is 5.31. The van der Waals surface area contributed by atoms with Gasteiger partial charge >= 0.3 is 0 Å². The number of ether oxygens (including phenoxy) is 1. The SMILES string of the molecule is CC(C)C(C(=O)NCCC1CCCCO1)C(N)=NO. The number of nitrogens with zero attached hydrogens (tertiary/aromatic N) is 1. The molecule has 6 nitrogen and oxygen atoms in total. The lowest BCUT2D eigenvalue weighted by Crippen LogP contribution is -2.42. The number of carbonyl (C=O) groups excluding carboxylic acids is 1. The number of amidine groups is 1. The maximum atomic E-state index is 12.0. The number of nitrogens with one attached hydrogen (secondary N) is 1. The second kappa shape index (κ2) is 7.99. The smallest absolute Gasteiger partial charge is 0.231 e. The summed E-state index contributed by atoms with van der Waals surface area (Å²) in [6.45, 7) is 5.11. The van der Waals surface area contributed by atoms with Crippen LogP contribution in [0.1, 0.15) is 39.5 Å². The molecule has 0 aliphatic carbocycles. The minimum absolute atomic E-state index is 0.0122. The Morgan fingerprint density at radius 1 is 1.53 bits per heavy atom. The number of rotatable bonds is 6. The van der Waals surface area contributed by atoms with Crippen molar-refractivity contribution >= 4 is 11.7 Å². The van der Waals surface area contributed by atoms with Crippen LogP contribution in [0.3, 0.4) is 0 Å². The van der Waals surface area contributed by atoms with Crippen LogP contribution in [0.2, 0.25) is 0 Å². The molecule has 0 bridgehead atoms. The average molecular weight is 271 g/mol. The first-order valence-corrected chi connectivity index (χ1v) is 6.93. The maximum Gasteiger partial charge on any atom is 0.231 e. The normalized spacial score (nSPS) is 22.3. The van der Waals surface area contributed by atoms with Crippen molar-refractivity contribution in [3.63, 3.8) is 0 Å². The van der Waals surface area contributed by atoms with E-state index in [-0.39, 0.29) is 23.8 Å². The molecule has 2 atom stereocenters. The fraction of sp³-hybridized carbons (Fsp3) is 0.846. The number of carbonyl (C=O) groups is 1. The summed E-state index contributed by atoms with van der Waals surface area (Å²) in [5.74, 6) is -0.832. The van der Waals surface area contributed by atoms with E-state index < -0.39 is 5.92 Å². The van der Waals surface area contributed by atoms with Crippen LogP contribution in [0.25, 0.3) is 0 Å². The quantitative estimate of drug-likeness (QED) is 0.291. The average Bonchev–Trinajstić information content (AvgIpc) is 2.39. The summed E-state index contributed by atoms with van der Waals surface area (Å²) >= 11 is 0. The van der Waals surface area contributed by atoms with Gasteiger partial charge in [-0.05, 0) is 31.6 Å². The molecule has 0 aromatic rings. The summed E-state index contributed by atoms with van der Waals surface area (Å²) in [4.78, 5) is 12.0. The van der Waals surface area contributed by atoms with Gasteiger partial charge < -0.3 is 21.0 Å². The Kier molecular flexibility index (Phi) is 6.62. The molecule has 0 spiro atoms. The van der Waals surface area contributed by atoms with Crippen molar-refractivity contribution in [1.29, 1.82) is 0 Å². The molecule has 1 aliphatic heterocycles. The van der Waals surface area contributed by atoms with Gasteiger partial charge in [0.25, 0.3) is 0 Å². The van der Waals surface area contributed by atoms with Gasteiger partial charge in [-0.1, -0.05) is 19.0 Å². The van der Waals surface area contributed by atoms with E-state index in [9.17, 15) is 4.79 Å². The fourth-order valence-electron chi connectivity index (χ4n) is 2.34. The predicted molar refractivity (Wildman–Crippen MR) is 73.0 cm³/mol. The van der Waals surface area contributed by atoms with Crippen LogP contribution >= 0.6 is 0 Å². The molecule has 19 heavy (non-hydrogen) atoms. The summed E-state index contributed by atoms with van der Waals surface area (Å²) in [7, 11) is 0. The Morgan fingerprint density at radius 2 is 2.26 bits per heavy atom. The van der Waals surface area contributed by atoms with E-state index in [4.69, 9.17) is 15.7 Å². The second-order valence-corrected chi connectivity index (χ2v) is 5.31. The first-order chi connectivity index (χ1) is 9.06. The molecular formula is C13H25N3O3. The molecule has 6 heteroatoms. The first-order valence-electron chi connectivity index (χ1n) is 6.93. The van der Waals surface area contributed by atoms with Gasteiger partial charge in [0.2, 0.25) is 5.91 Å². The Morgan fingerprint density at radius 3 is 2.79 bits per heavy atom. The largest absolute Gasteiger partial charge is 0.409 e. The highest BCUT2D eigenvalue weighted by molar-refractivity contribution is 6.02. The van der Waals surface area contributed by atoms with Crippen molar-refractivity contribution in [3.8, 4) is 0 Å². The lowest BCUT2D eigenvalue weighted by atomic mass is 9.94. The molecule has 0 aromatic carbocycles. The zero-order valence-corrected chi connectivity index (χ0v) is 11.8. The van der Waals surface area contributed by atoms with E-state index in [1.54, 1.807) is 0 Å². The molecule has 110 valence electrons. The summed E-state index contributed by atoms with van der Waals surface area (Å²) in [6.07, 6.45) is 4.44. The summed E-state index contributed by atoms with van der Waals surface area (Å²) < 4.78 is 5.60. The molecule has 1 amide bonds. The number of hydrogen-bond donors (Lipinski definition) is 3. The van der Waals surface area contributed by atoms with Gasteiger partial charge in [-0.2, -0.15) is 0 Å². The van der Waals surface area contributed by atoms with Crippen LogP contribution < -0.4 is 11.1 Å². The Balaban J connectivity index is 2.35. The van der Waals surface area contributed by atoms with E-state index in [2.05, 4.69) is 10.5 Å². The van der Waals surface area contributed by atoms with E-state index in [0.717, 1.165) is 25.9 Å². The number of amides is 1. The molecular weight excluding hydrogens is 246 g/mol. The van der Waals surface area contributed by atoms with E-state index in [0.29, 0.717) is 6.54 Å². The van der Waals surface area contributed by atoms with Crippen LogP contribution in [-0.4, -0.2) is 36.2 Å². The topological polar surface area (TPSA) is 96.9 Å². The van der Waals surface area contributed by atoms with Crippen LogP contribution in [0.15, 0.2) is 5.16 Å². The molecule has 1 aliphatic rings. The molecule has 2 unspecified atom stereocenters. The van der Waals surface area contributed by atoms with Gasteiger partial charge in [-0.3, -0.25) is 4.79 Å². The van der Waals surface area contributed by atoms with Crippen molar-refractivity contribution < 1.29 is 14.7 Å². The molecule has 1 rings (SSSR count). The predicted octanol–water partition coefficient (Wildman–Crippen LogP) is 1.08. The van der Waals surface area contributed by atoms with Gasteiger partial charge in [0.1, 0.15) is 5.92 Å². The highest BCUT2D eigenvalue weighted by atomic mass is 16.5. The Bertz CT molecular complexity index is 312. The minimum Gasteiger partial charge on any atom is -0.409 e. The third-order valence-electron chi connectivity index (χ3n) is 3.42. The third kappa shape index (κ3) is 5.06. The van der Waals surface area contributed by atoms with E-state index in [1.165, 1.54) is 6.42 Å². The van der Waals surface area contributed by atoms with Crippen molar-refractivity contribution in [3.05, 3.63) is 0 Å². The Labute approximate surface area is 114 Å². The van der Waals surface area contributed by atoms with Gasteiger partial charge in [-0.15, -0.1) is 0 Å². The lowest BCUT2D eigenvalue weighted by molar-refractivity contribution is -0.124. The van der Waals surface area contributed by atoms with E-state index >= 15 is 0 Å². The van der Waals surface area contributed by atoms with Crippen LogP contribution in [-0.2, 0) is 9.53 Å². The van der Waals surface area contributed by atoms with E-state index in [1.807, 2.05) is 13.8 Å². The summed E-state index contributed by atoms with van der Waals surface area (Å²) in [5, 5.41) is 14.5. The molecule has 0 radical (unpaired) electrons. The van der Waals surface area contributed by atoms with Gasteiger partial charge in [0.15, 0.2) is 5.84 Å². The first kappa shape index (κ1) is 15.8. The van der Waals surface area contributed by atoms with Crippen molar-refractivity contribution in [2.75, 3.05) is 13.2 Å². The van der Waals surface area contributed by atoms with Crippen LogP contribution in [0.4, 0.5) is 0 Å². The van der Waals surface area contributed by atoms with Crippen molar-refractivity contribution in [2.24, 2.45) is 22.7 Å². The Hall–Kier alpha value is -1.30. The van der Waals surface area contributed by atoms with Gasteiger partial charge in [0.05, 0.1) is 6.10 Å². The molecule has 0 saturated carbocycles. The molecule has 1 saturated heterocycles. The van der Waals surface area contributed by atoms with Crippen LogP contribution in [0.5, 0.6) is 0 Å². The number of nitrogens with two attached hydrogens (primary N) is 1. The highest BCUT2D eigenvalue weighted by Gasteiger charge is 2.26. The minimum atomic E-state index is -0.586. The third-order valence-corrected chi connectivity index (χ3v) is 3.42. The lowest BCUT2D eigenvalue weighted by Gasteiger charge is -2.23. The summed E-state index contributed by atoms with van der Waals surface area (Å²) in [6, 6.07) is 0. The fourth-order valence-corrected chi connectivity index (χ4v) is 2.34. The van der Waals surface area contributed by atoms with Gasteiger partial charge in [0, 0.05) is 13.2 Å². The van der Waals surface area contributed by atoms with Crippen molar-refractivity contribution in [1.82, 2.24) is 5.32 Å². The summed E-state index contributed by atoms with van der Waals surface area (Å²) in [5.41, 5.74) is 5.55. The van der Waals surface area contributed by atoms with Crippen molar-refractivity contribution in [2.45, 2.75) is 45.6 Å². The molecule has 1 heterocycles. The number of hydrogen-bond acceptors (Lipinski definition) is 4. The van der Waals surface area contributed by atoms with Gasteiger partial charge in [-0.25, -0.2) is 0 Å².